The molecule has 0 aliphatic rings. The summed E-state index contributed by atoms with van der Waals surface area (Å²) in [6, 6.07) is 11.7. The average Bonchev–Trinajstić information content (AvgIpc) is 2.94. The molecule has 1 N–H and O–H groups in total. The Hall–Kier alpha value is -2.69. The summed E-state index contributed by atoms with van der Waals surface area (Å²) in [5.74, 6) is -0.592. The van der Waals surface area contributed by atoms with Crippen molar-refractivity contribution in [1.82, 2.24) is 14.7 Å². The van der Waals surface area contributed by atoms with E-state index in [1.807, 2.05) is 6.07 Å². The van der Waals surface area contributed by atoms with Gasteiger partial charge in [0.05, 0.1) is 0 Å². The van der Waals surface area contributed by atoms with Crippen molar-refractivity contribution < 1.29 is 9.18 Å². The van der Waals surface area contributed by atoms with E-state index in [2.05, 4.69) is 10.3 Å². The van der Waals surface area contributed by atoms with Gasteiger partial charge in [-0.1, -0.05) is 24.3 Å². The van der Waals surface area contributed by atoms with E-state index >= 15 is 0 Å². The van der Waals surface area contributed by atoms with Crippen LogP contribution in [0.25, 0.3) is 5.65 Å². The molecule has 3 aromatic rings. The van der Waals surface area contributed by atoms with E-state index in [9.17, 15) is 9.18 Å². The molecule has 0 saturated carbocycles. The maximum Gasteiger partial charge on any atom is 0.268 e. The topological polar surface area (TPSA) is 46.4 Å². The summed E-state index contributed by atoms with van der Waals surface area (Å²) in [5.41, 5.74) is 1.62. The van der Waals surface area contributed by atoms with Gasteiger partial charge >= 0.3 is 0 Å². The summed E-state index contributed by atoms with van der Waals surface area (Å²) in [6.45, 7) is 0.149. The molecule has 3 rings (SSSR count). The van der Waals surface area contributed by atoms with Gasteiger partial charge in [0.2, 0.25) is 0 Å². The highest BCUT2D eigenvalue weighted by atomic mass is 19.1. The van der Waals surface area contributed by atoms with Crippen molar-refractivity contribution in [3.63, 3.8) is 0 Å². The molecule has 0 bridgehead atoms. The second kappa shape index (κ2) is 5.13. The van der Waals surface area contributed by atoms with Crippen molar-refractivity contribution in [2.24, 2.45) is 0 Å². The summed E-state index contributed by atoms with van der Waals surface area (Å²) in [6.07, 6.45) is 3.34. The number of carbonyl (C=O) groups excluding carboxylic acids is 1. The third-order valence-corrected chi connectivity index (χ3v) is 3.06. The predicted octanol–water partition coefficient (Wildman–Crippen LogP) is 2.40. The highest BCUT2D eigenvalue weighted by Crippen LogP contribution is 2.08. The molecule has 2 aromatic heterocycles. The Kier molecular flexibility index (Phi) is 3.16. The second-order valence-corrected chi connectivity index (χ2v) is 4.34. The van der Waals surface area contributed by atoms with E-state index < -0.39 is 0 Å². The lowest BCUT2D eigenvalue weighted by Crippen LogP contribution is -2.25. The Morgan fingerprint density at radius 1 is 1.20 bits per heavy atom. The van der Waals surface area contributed by atoms with Gasteiger partial charge in [-0.15, -0.1) is 0 Å². The molecule has 0 unspecified atom stereocenters. The number of fused-ring (bicyclic) bond motifs is 1. The SMILES string of the molecule is O=C(NCc1ccccc1F)c1cccc2nccn12. The second-order valence-electron chi connectivity index (χ2n) is 4.34. The first-order valence-corrected chi connectivity index (χ1v) is 6.19. The molecule has 0 spiro atoms. The van der Waals surface area contributed by atoms with E-state index in [0.29, 0.717) is 16.9 Å². The first kappa shape index (κ1) is 12.3. The van der Waals surface area contributed by atoms with Crippen molar-refractivity contribution >= 4 is 11.6 Å². The zero-order valence-corrected chi connectivity index (χ0v) is 10.6. The van der Waals surface area contributed by atoms with Crippen LogP contribution in [0.5, 0.6) is 0 Å². The van der Waals surface area contributed by atoms with Gasteiger partial charge < -0.3 is 5.32 Å². The standard InChI is InChI=1S/C15H12FN3O/c16-12-5-2-1-4-11(12)10-18-15(20)13-6-3-7-14-17-8-9-19(13)14/h1-9H,10H2,(H,18,20). The highest BCUT2D eigenvalue weighted by Gasteiger charge is 2.10. The van der Waals surface area contributed by atoms with Crippen molar-refractivity contribution in [3.8, 4) is 0 Å². The number of benzene rings is 1. The summed E-state index contributed by atoms with van der Waals surface area (Å²) in [5, 5.41) is 2.71. The summed E-state index contributed by atoms with van der Waals surface area (Å²) in [4.78, 5) is 16.3. The first-order valence-electron chi connectivity index (χ1n) is 6.19. The molecule has 2 heterocycles. The van der Waals surface area contributed by atoms with E-state index in [1.165, 1.54) is 6.07 Å². The lowest BCUT2D eigenvalue weighted by Gasteiger charge is -2.08. The van der Waals surface area contributed by atoms with Gasteiger partial charge in [0.25, 0.3) is 5.91 Å². The molecule has 20 heavy (non-hydrogen) atoms. The van der Waals surface area contributed by atoms with Gasteiger partial charge in [-0.25, -0.2) is 9.37 Å². The number of hydrogen-bond acceptors (Lipinski definition) is 2. The normalized spacial score (nSPS) is 10.7. The van der Waals surface area contributed by atoms with Crippen LogP contribution in [0.2, 0.25) is 0 Å². The molecule has 0 saturated heterocycles. The molecular weight excluding hydrogens is 257 g/mol. The smallest absolute Gasteiger partial charge is 0.268 e. The van der Waals surface area contributed by atoms with Gasteiger partial charge in [-0.05, 0) is 18.2 Å². The third-order valence-electron chi connectivity index (χ3n) is 3.06. The third kappa shape index (κ3) is 2.25. The summed E-state index contributed by atoms with van der Waals surface area (Å²) < 4.78 is 15.2. The fourth-order valence-electron chi connectivity index (χ4n) is 2.04. The maximum absolute atomic E-state index is 13.5. The van der Waals surface area contributed by atoms with E-state index in [4.69, 9.17) is 0 Å². The molecular formula is C15H12FN3O. The fourth-order valence-corrected chi connectivity index (χ4v) is 2.04. The number of halogens is 1. The van der Waals surface area contributed by atoms with Gasteiger partial charge in [-0.3, -0.25) is 9.20 Å². The monoisotopic (exact) mass is 269 g/mol. The summed E-state index contributed by atoms with van der Waals surface area (Å²) in [7, 11) is 0. The Labute approximate surface area is 114 Å². The number of imidazole rings is 1. The first-order chi connectivity index (χ1) is 9.75. The molecule has 0 atom stereocenters. The van der Waals surface area contributed by atoms with E-state index in [-0.39, 0.29) is 18.3 Å². The van der Waals surface area contributed by atoms with Crippen molar-refractivity contribution in [1.29, 1.82) is 0 Å². The Morgan fingerprint density at radius 2 is 2.05 bits per heavy atom. The maximum atomic E-state index is 13.5. The van der Waals surface area contributed by atoms with Crippen molar-refractivity contribution in [3.05, 3.63) is 71.9 Å². The molecule has 0 aliphatic heterocycles. The zero-order valence-electron chi connectivity index (χ0n) is 10.6. The fraction of sp³-hybridized carbons (Fsp3) is 0.0667. The largest absolute Gasteiger partial charge is 0.347 e. The number of carbonyl (C=O) groups is 1. The Bertz CT molecular complexity index is 766. The number of nitrogens with one attached hydrogen (secondary N) is 1. The molecule has 1 aromatic carbocycles. The van der Waals surface area contributed by atoms with E-state index in [1.54, 1.807) is 47.1 Å². The minimum absolute atomic E-state index is 0.149. The van der Waals surface area contributed by atoms with E-state index in [0.717, 1.165) is 0 Å². The zero-order chi connectivity index (χ0) is 13.9. The van der Waals surface area contributed by atoms with Crippen LogP contribution in [0.4, 0.5) is 4.39 Å². The molecule has 4 nitrogen and oxygen atoms in total. The molecule has 0 aliphatic carbocycles. The van der Waals surface area contributed by atoms with Gasteiger partial charge in [-0.2, -0.15) is 0 Å². The summed E-state index contributed by atoms with van der Waals surface area (Å²) >= 11 is 0. The van der Waals surface area contributed by atoms with Crippen LogP contribution in [0, 0.1) is 5.82 Å². The van der Waals surface area contributed by atoms with Crippen LogP contribution in [0.3, 0.4) is 0 Å². The minimum atomic E-state index is -0.325. The van der Waals surface area contributed by atoms with Crippen LogP contribution in [-0.4, -0.2) is 15.3 Å². The van der Waals surface area contributed by atoms with Gasteiger partial charge in [0.1, 0.15) is 17.2 Å². The molecule has 5 heteroatoms. The van der Waals surface area contributed by atoms with Crippen LogP contribution < -0.4 is 5.32 Å². The number of amides is 1. The number of hydrogen-bond donors (Lipinski definition) is 1. The molecule has 100 valence electrons. The Balaban J connectivity index is 1.80. The van der Waals surface area contributed by atoms with Gasteiger partial charge in [0.15, 0.2) is 0 Å². The number of rotatable bonds is 3. The quantitative estimate of drug-likeness (QED) is 0.793. The number of nitrogens with zero attached hydrogens (tertiary/aromatic N) is 2. The Morgan fingerprint density at radius 3 is 2.90 bits per heavy atom. The van der Waals surface area contributed by atoms with Gasteiger partial charge in [0, 0.05) is 24.5 Å². The average molecular weight is 269 g/mol. The number of pyridine rings is 1. The minimum Gasteiger partial charge on any atom is -0.347 e. The molecule has 0 fully saturated rings. The van der Waals surface area contributed by atoms with Crippen molar-refractivity contribution in [2.45, 2.75) is 6.54 Å². The van der Waals surface area contributed by atoms with Crippen LogP contribution in [0.15, 0.2) is 54.9 Å². The lowest BCUT2D eigenvalue weighted by atomic mass is 10.2. The highest BCUT2D eigenvalue weighted by molar-refractivity contribution is 5.93. The van der Waals surface area contributed by atoms with Crippen LogP contribution in [-0.2, 0) is 6.54 Å². The lowest BCUT2D eigenvalue weighted by molar-refractivity contribution is 0.0944. The van der Waals surface area contributed by atoms with Crippen molar-refractivity contribution in [2.75, 3.05) is 0 Å². The molecule has 0 radical (unpaired) electrons. The molecule has 1 amide bonds. The van der Waals surface area contributed by atoms with Crippen LogP contribution in [0.1, 0.15) is 16.1 Å². The number of aromatic nitrogens is 2. The predicted molar refractivity (Wildman–Crippen MR) is 72.8 cm³/mol. The van der Waals surface area contributed by atoms with Crippen LogP contribution >= 0.6 is 0 Å².